The van der Waals surface area contributed by atoms with Crippen LogP contribution in [-0.2, 0) is 4.79 Å². The standard InChI is InChI=1S/C8H15NO2/c1-4-5-6-9(2,3)7-8(10)11/h4-5H,6-7H2,1-3H3/p+1/b5-4-. The van der Waals surface area contributed by atoms with Gasteiger partial charge >= 0.3 is 5.97 Å². The van der Waals surface area contributed by atoms with Crippen LogP contribution >= 0.6 is 0 Å². The highest BCUT2D eigenvalue weighted by molar-refractivity contribution is 5.67. The van der Waals surface area contributed by atoms with Crippen molar-refractivity contribution in [2.45, 2.75) is 6.92 Å². The molecular formula is C8H16NO2+. The second-order valence-corrected chi connectivity index (χ2v) is 3.24. The molecule has 0 unspecified atom stereocenters. The predicted molar refractivity (Wildman–Crippen MR) is 44.3 cm³/mol. The molecule has 3 nitrogen and oxygen atoms in total. The number of nitrogens with zero attached hydrogens (tertiary/aromatic N) is 1. The van der Waals surface area contributed by atoms with E-state index in [1.807, 2.05) is 33.2 Å². The lowest BCUT2D eigenvalue weighted by Gasteiger charge is -2.25. The summed E-state index contributed by atoms with van der Waals surface area (Å²) < 4.78 is 0.500. The van der Waals surface area contributed by atoms with Gasteiger partial charge in [-0.3, -0.25) is 0 Å². The molecule has 0 aliphatic carbocycles. The topological polar surface area (TPSA) is 37.3 Å². The number of carboxylic acids is 1. The number of quaternary nitrogens is 1. The molecule has 0 radical (unpaired) electrons. The van der Waals surface area contributed by atoms with Crippen molar-refractivity contribution in [3.63, 3.8) is 0 Å². The van der Waals surface area contributed by atoms with Gasteiger partial charge in [0.25, 0.3) is 0 Å². The van der Waals surface area contributed by atoms with Crippen LogP contribution in [-0.4, -0.2) is 42.7 Å². The maximum Gasteiger partial charge on any atom is 0.359 e. The van der Waals surface area contributed by atoms with E-state index in [0.717, 1.165) is 6.54 Å². The summed E-state index contributed by atoms with van der Waals surface area (Å²) >= 11 is 0. The van der Waals surface area contributed by atoms with Gasteiger partial charge in [0.2, 0.25) is 0 Å². The van der Waals surface area contributed by atoms with Crippen molar-refractivity contribution in [3.05, 3.63) is 12.2 Å². The molecule has 0 rings (SSSR count). The van der Waals surface area contributed by atoms with E-state index in [9.17, 15) is 4.79 Å². The molecule has 0 aromatic heterocycles. The Kier molecular flexibility index (Phi) is 3.82. The van der Waals surface area contributed by atoms with Crippen LogP contribution in [0.15, 0.2) is 12.2 Å². The fraction of sp³-hybridized carbons (Fsp3) is 0.625. The van der Waals surface area contributed by atoms with Crippen LogP contribution in [0, 0.1) is 0 Å². The van der Waals surface area contributed by atoms with Gasteiger partial charge < -0.3 is 9.59 Å². The van der Waals surface area contributed by atoms with E-state index in [0.29, 0.717) is 4.48 Å². The zero-order valence-electron chi connectivity index (χ0n) is 7.37. The molecule has 0 amide bonds. The number of carbonyl (C=O) groups is 1. The minimum atomic E-state index is -0.750. The first kappa shape index (κ1) is 10.2. The Morgan fingerprint density at radius 3 is 2.45 bits per heavy atom. The third-order valence-electron chi connectivity index (χ3n) is 1.40. The first-order valence-electron chi connectivity index (χ1n) is 3.63. The Bertz CT molecular complexity index is 161. The monoisotopic (exact) mass is 158 g/mol. The van der Waals surface area contributed by atoms with Gasteiger partial charge in [0.05, 0.1) is 20.6 Å². The van der Waals surface area contributed by atoms with E-state index < -0.39 is 5.97 Å². The van der Waals surface area contributed by atoms with E-state index in [1.54, 1.807) is 0 Å². The van der Waals surface area contributed by atoms with Crippen LogP contribution in [0.2, 0.25) is 0 Å². The van der Waals surface area contributed by atoms with Crippen LogP contribution in [0.5, 0.6) is 0 Å². The molecule has 1 N–H and O–H groups in total. The van der Waals surface area contributed by atoms with Gasteiger partial charge in [-0.15, -0.1) is 0 Å². The Morgan fingerprint density at radius 1 is 1.55 bits per heavy atom. The van der Waals surface area contributed by atoms with E-state index in [2.05, 4.69) is 0 Å². The third-order valence-corrected chi connectivity index (χ3v) is 1.40. The summed E-state index contributed by atoms with van der Waals surface area (Å²) in [6.07, 6.45) is 3.91. The molecule has 0 heterocycles. The molecule has 0 atom stereocenters. The molecule has 0 fully saturated rings. The largest absolute Gasteiger partial charge is 0.477 e. The van der Waals surface area contributed by atoms with Crippen molar-refractivity contribution < 1.29 is 14.4 Å². The summed E-state index contributed by atoms with van der Waals surface area (Å²) in [6, 6.07) is 0. The minimum absolute atomic E-state index is 0.171. The zero-order chi connectivity index (χ0) is 8.91. The third kappa shape index (κ3) is 5.61. The van der Waals surface area contributed by atoms with Crippen molar-refractivity contribution >= 4 is 5.97 Å². The quantitative estimate of drug-likeness (QED) is 0.483. The highest BCUT2D eigenvalue weighted by Gasteiger charge is 2.16. The molecule has 64 valence electrons. The maximum atomic E-state index is 10.3. The fourth-order valence-corrected chi connectivity index (χ4v) is 0.821. The minimum Gasteiger partial charge on any atom is -0.477 e. The summed E-state index contributed by atoms with van der Waals surface area (Å²) in [5, 5.41) is 8.51. The van der Waals surface area contributed by atoms with Crippen molar-refractivity contribution in [1.82, 2.24) is 0 Å². The molecule has 0 spiro atoms. The number of hydrogen-bond acceptors (Lipinski definition) is 1. The molecule has 0 aliphatic heterocycles. The Labute approximate surface area is 67.5 Å². The number of carboxylic acid groups (broad SMARTS) is 1. The number of hydrogen-bond donors (Lipinski definition) is 1. The smallest absolute Gasteiger partial charge is 0.359 e. The van der Waals surface area contributed by atoms with Crippen molar-refractivity contribution in [2.24, 2.45) is 0 Å². The van der Waals surface area contributed by atoms with E-state index >= 15 is 0 Å². The van der Waals surface area contributed by atoms with Crippen LogP contribution in [0.1, 0.15) is 6.92 Å². The van der Waals surface area contributed by atoms with Gasteiger partial charge in [-0.2, -0.15) is 0 Å². The normalized spacial score (nSPS) is 12.3. The van der Waals surface area contributed by atoms with Crippen LogP contribution < -0.4 is 0 Å². The SMILES string of the molecule is C/C=C\C[N+](C)(C)CC(=O)O. The molecule has 0 aliphatic rings. The molecule has 3 heteroatoms. The Balaban J connectivity index is 3.89. The Hall–Kier alpha value is -0.830. The van der Waals surface area contributed by atoms with Gasteiger partial charge in [-0.05, 0) is 13.0 Å². The highest BCUT2D eigenvalue weighted by atomic mass is 16.4. The maximum absolute atomic E-state index is 10.3. The first-order valence-corrected chi connectivity index (χ1v) is 3.63. The average Bonchev–Trinajstić information content (AvgIpc) is 1.81. The zero-order valence-corrected chi connectivity index (χ0v) is 7.37. The summed E-state index contributed by atoms with van der Waals surface area (Å²) in [5.41, 5.74) is 0. The number of aliphatic carboxylic acids is 1. The van der Waals surface area contributed by atoms with Crippen LogP contribution in [0.4, 0.5) is 0 Å². The molecule has 0 bridgehead atoms. The lowest BCUT2D eigenvalue weighted by atomic mass is 10.4. The second-order valence-electron chi connectivity index (χ2n) is 3.24. The highest BCUT2D eigenvalue weighted by Crippen LogP contribution is 1.96. The summed E-state index contributed by atoms with van der Waals surface area (Å²) in [7, 11) is 3.79. The Morgan fingerprint density at radius 2 is 2.09 bits per heavy atom. The molecule has 0 saturated heterocycles. The van der Waals surface area contributed by atoms with Gasteiger partial charge in [-0.1, -0.05) is 6.08 Å². The fourth-order valence-electron chi connectivity index (χ4n) is 0.821. The summed E-state index contributed by atoms with van der Waals surface area (Å²) in [4.78, 5) is 10.3. The van der Waals surface area contributed by atoms with Crippen molar-refractivity contribution in [1.29, 1.82) is 0 Å². The molecule has 11 heavy (non-hydrogen) atoms. The number of allylic oxidation sites excluding steroid dienone is 1. The number of likely N-dealkylation sites (N-methyl/N-ethyl adjacent to an activating group) is 1. The van der Waals surface area contributed by atoms with Crippen molar-refractivity contribution in [2.75, 3.05) is 27.2 Å². The predicted octanol–water partition coefficient (Wildman–Crippen LogP) is 0.723. The molecule has 0 aromatic rings. The lowest BCUT2D eigenvalue weighted by Crippen LogP contribution is -2.43. The molecular weight excluding hydrogens is 142 g/mol. The molecule has 0 saturated carbocycles. The lowest BCUT2D eigenvalue weighted by molar-refractivity contribution is -0.877. The van der Waals surface area contributed by atoms with Crippen LogP contribution in [0.25, 0.3) is 0 Å². The van der Waals surface area contributed by atoms with E-state index in [1.165, 1.54) is 0 Å². The average molecular weight is 158 g/mol. The van der Waals surface area contributed by atoms with Crippen molar-refractivity contribution in [3.8, 4) is 0 Å². The number of rotatable bonds is 4. The molecule has 0 aromatic carbocycles. The second kappa shape index (κ2) is 4.13. The summed E-state index contributed by atoms with van der Waals surface area (Å²) in [5.74, 6) is -0.750. The first-order chi connectivity index (χ1) is 4.98. The van der Waals surface area contributed by atoms with Crippen LogP contribution in [0.3, 0.4) is 0 Å². The summed E-state index contributed by atoms with van der Waals surface area (Å²) in [6.45, 7) is 2.87. The van der Waals surface area contributed by atoms with Gasteiger partial charge in [0, 0.05) is 0 Å². The van der Waals surface area contributed by atoms with E-state index in [-0.39, 0.29) is 6.54 Å². The van der Waals surface area contributed by atoms with E-state index in [4.69, 9.17) is 5.11 Å². The van der Waals surface area contributed by atoms with Gasteiger partial charge in [0.15, 0.2) is 6.54 Å². The van der Waals surface area contributed by atoms with Gasteiger partial charge in [-0.25, -0.2) is 4.79 Å². The van der Waals surface area contributed by atoms with Gasteiger partial charge in [0.1, 0.15) is 0 Å².